The zero-order valence-electron chi connectivity index (χ0n) is 8.18. The average molecular weight is 266 g/mol. The summed E-state index contributed by atoms with van der Waals surface area (Å²) in [4.78, 5) is 9.36. The summed E-state index contributed by atoms with van der Waals surface area (Å²) in [7, 11) is -4.50. The smallest absolute Gasteiger partial charge is 0.282 e. The lowest BCUT2D eigenvalue weighted by atomic mass is 10.1. The molecule has 0 spiro atoms. The molecule has 0 unspecified atom stereocenters. The quantitative estimate of drug-likeness (QED) is 0.512. The summed E-state index contributed by atoms with van der Waals surface area (Å²) in [6.07, 6.45) is 0.293. The van der Waals surface area contributed by atoms with Gasteiger partial charge in [0.1, 0.15) is 4.90 Å². The number of halogens is 1. The molecule has 0 amide bonds. The van der Waals surface area contributed by atoms with Crippen molar-refractivity contribution in [3.8, 4) is 0 Å². The summed E-state index contributed by atoms with van der Waals surface area (Å²) < 4.78 is 30.4. The molecule has 0 saturated heterocycles. The first-order chi connectivity index (χ1) is 7.27. The molecule has 0 atom stereocenters. The van der Waals surface area contributed by atoms with Crippen LogP contribution in [0, 0.1) is 10.1 Å². The van der Waals surface area contributed by atoms with E-state index in [1.165, 1.54) is 0 Å². The van der Waals surface area contributed by atoms with Crippen molar-refractivity contribution in [2.75, 3.05) is 0 Å². The Bertz CT molecular complexity index is 540. The number of hydrogen-bond acceptors (Lipinski definition) is 4. The average Bonchev–Trinajstić information content (AvgIpc) is 2.14. The molecule has 0 aliphatic rings. The Hall–Kier alpha value is -1.18. The molecule has 0 aromatic heterocycles. The van der Waals surface area contributed by atoms with Crippen LogP contribution in [0.2, 0.25) is 5.02 Å². The van der Waals surface area contributed by atoms with Gasteiger partial charge in [0.15, 0.2) is 0 Å². The van der Waals surface area contributed by atoms with Gasteiger partial charge in [-0.05, 0) is 12.5 Å². The molecule has 0 aliphatic carbocycles. The third-order valence-corrected chi connectivity index (χ3v) is 3.16. The third-order valence-electron chi connectivity index (χ3n) is 1.99. The molecule has 0 heterocycles. The summed E-state index contributed by atoms with van der Waals surface area (Å²) in [6.45, 7) is 1.65. The second kappa shape index (κ2) is 4.36. The summed E-state index contributed by atoms with van der Waals surface area (Å²) in [6, 6.07) is 1.78. The molecule has 8 heteroatoms. The van der Waals surface area contributed by atoms with Crippen LogP contribution in [0.4, 0.5) is 5.69 Å². The van der Waals surface area contributed by atoms with Crippen LogP contribution in [-0.2, 0) is 16.5 Å². The van der Waals surface area contributed by atoms with Crippen molar-refractivity contribution >= 4 is 27.4 Å². The molecule has 0 aliphatic heterocycles. The Morgan fingerprint density at radius 2 is 2.06 bits per heavy atom. The number of nitro benzene ring substituents is 1. The Kier molecular flexibility index (Phi) is 3.51. The Morgan fingerprint density at radius 1 is 1.50 bits per heavy atom. The van der Waals surface area contributed by atoms with E-state index in [-0.39, 0.29) is 10.6 Å². The fourth-order valence-corrected chi connectivity index (χ4v) is 2.20. The van der Waals surface area contributed by atoms with Gasteiger partial charge in [0.05, 0.1) is 9.95 Å². The van der Waals surface area contributed by atoms with E-state index in [0.29, 0.717) is 6.42 Å². The Labute approximate surface area is 96.7 Å². The molecule has 1 aromatic rings. The Balaban J connectivity index is 3.59. The first-order valence-electron chi connectivity index (χ1n) is 4.21. The highest BCUT2D eigenvalue weighted by atomic mass is 35.5. The molecule has 0 radical (unpaired) electrons. The second-order valence-electron chi connectivity index (χ2n) is 2.99. The summed E-state index contributed by atoms with van der Waals surface area (Å²) >= 11 is 5.70. The number of nitro groups is 1. The van der Waals surface area contributed by atoms with Crippen LogP contribution in [0.5, 0.6) is 0 Å². The lowest BCUT2D eigenvalue weighted by Gasteiger charge is -2.04. The monoisotopic (exact) mass is 265 g/mol. The number of nitrogens with zero attached hydrogens (tertiary/aromatic N) is 1. The van der Waals surface area contributed by atoms with Crippen molar-refractivity contribution in [3.63, 3.8) is 0 Å². The molecular formula is C8H8ClNO5S. The van der Waals surface area contributed by atoms with Gasteiger partial charge in [0.25, 0.3) is 15.8 Å². The van der Waals surface area contributed by atoms with Gasteiger partial charge >= 0.3 is 0 Å². The number of benzene rings is 1. The van der Waals surface area contributed by atoms with Gasteiger partial charge in [-0.2, -0.15) is 8.42 Å². The number of rotatable bonds is 3. The van der Waals surface area contributed by atoms with E-state index in [9.17, 15) is 18.5 Å². The van der Waals surface area contributed by atoms with E-state index in [2.05, 4.69) is 0 Å². The van der Waals surface area contributed by atoms with E-state index in [1.54, 1.807) is 6.92 Å². The normalized spacial score (nSPS) is 11.4. The molecule has 0 saturated carbocycles. The van der Waals surface area contributed by atoms with Crippen molar-refractivity contribution in [2.24, 2.45) is 0 Å². The highest BCUT2D eigenvalue weighted by Crippen LogP contribution is 2.30. The molecule has 1 rings (SSSR count). The van der Waals surface area contributed by atoms with Gasteiger partial charge in [-0.1, -0.05) is 18.5 Å². The van der Waals surface area contributed by atoms with Crippen molar-refractivity contribution in [1.82, 2.24) is 0 Å². The first-order valence-corrected chi connectivity index (χ1v) is 6.03. The van der Waals surface area contributed by atoms with Crippen LogP contribution in [0.3, 0.4) is 0 Å². The van der Waals surface area contributed by atoms with Crippen LogP contribution in [-0.4, -0.2) is 17.9 Å². The molecule has 0 fully saturated rings. The maximum atomic E-state index is 10.8. The zero-order valence-corrected chi connectivity index (χ0v) is 9.75. The molecule has 6 nitrogen and oxygen atoms in total. The predicted octanol–water partition coefficient (Wildman–Crippen LogP) is 2.06. The standard InChI is InChI=1S/C8H8ClNO5S/c1-2-6-7(9)3-5(16(13,14)15)4-8(6)10(11)12/h3-4H,2H2,1H3,(H,13,14,15). The van der Waals surface area contributed by atoms with Crippen LogP contribution in [0.1, 0.15) is 12.5 Å². The van der Waals surface area contributed by atoms with Crippen molar-refractivity contribution in [1.29, 1.82) is 0 Å². The van der Waals surface area contributed by atoms with E-state index < -0.39 is 25.6 Å². The minimum atomic E-state index is -4.50. The van der Waals surface area contributed by atoms with Crippen molar-refractivity contribution < 1.29 is 17.9 Å². The van der Waals surface area contributed by atoms with Gasteiger partial charge in [-0.3, -0.25) is 14.7 Å². The van der Waals surface area contributed by atoms with Crippen LogP contribution in [0.25, 0.3) is 0 Å². The van der Waals surface area contributed by atoms with Crippen LogP contribution >= 0.6 is 11.6 Å². The van der Waals surface area contributed by atoms with Crippen LogP contribution in [0.15, 0.2) is 17.0 Å². The van der Waals surface area contributed by atoms with Crippen molar-refractivity contribution in [2.45, 2.75) is 18.2 Å². The van der Waals surface area contributed by atoms with Gasteiger partial charge in [-0.25, -0.2) is 0 Å². The van der Waals surface area contributed by atoms with Crippen molar-refractivity contribution in [3.05, 3.63) is 32.8 Å². The highest BCUT2D eigenvalue weighted by molar-refractivity contribution is 7.85. The van der Waals surface area contributed by atoms with E-state index >= 15 is 0 Å². The predicted molar refractivity (Wildman–Crippen MR) is 57.3 cm³/mol. The van der Waals surface area contributed by atoms with Gasteiger partial charge in [-0.15, -0.1) is 0 Å². The zero-order chi connectivity index (χ0) is 12.5. The molecule has 1 N–H and O–H groups in total. The highest BCUT2D eigenvalue weighted by Gasteiger charge is 2.21. The Morgan fingerprint density at radius 3 is 2.44 bits per heavy atom. The fourth-order valence-electron chi connectivity index (χ4n) is 1.26. The first kappa shape index (κ1) is 12.9. The molecule has 16 heavy (non-hydrogen) atoms. The fraction of sp³-hybridized carbons (Fsp3) is 0.250. The van der Waals surface area contributed by atoms with Gasteiger partial charge in [0.2, 0.25) is 0 Å². The SMILES string of the molecule is CCc1c(Cl)cc(S(=O)(=O)O)cc1[N+](=O)[O-]. The topological polar surface area (TPSA) is 97.5 Å². The van der Waals surface area contributed by atoms with E-state index in [1.807, 2.05) is 0 Å². The molecular weight excluding hydrogens is 258 g/mol. The summed E-state index contributed by atoms with van der Waals surface area (Å²) in [5, 5.41) is 10.6. The minimum Gasteiger partial charge on any atom is -0.282 e. The lowest BCUT2D eigenvalue weighted by molar-refractivity contribution is -0.385. The molecule has 88 valence electrons. The lowest BCUT2D eigenvalue weighted by Crippen LogP contribution is -2.02. The van der Waals surface area contributed by atoms with Gasteiger partial charge < -0.3 is 0 Å². The maximum Gasteiger partial charge on any atom is 0.294 e. The second-order valence-corrected chi connectivity index (χ2v) is 4.82. The largest absolute Gasteiger partial charge is 0.294 e. The summed E-state index contributed by atoms with van der Waals surface area (Å²) in [5.41, 5.74) is -0.179. The van der Waals surface area contributed by atoms with Crippen LogP contribution < -0.4 is 0 Å². The molecule has 0 bridgehead atoms. The van der Waals surface area contributed by atoms with Gasteiger partial charge in [0, 0.05) is 11.6 Å². The van der Waals surface area contributed by atoms with E-state index in [4.69, 9.17) is 16.2 Å². The third kappa shape index (κ3) is 2.49. The summed E-state index contributed by atoms with van der Waals surface area (Å²) in [5.74, 6) is 0. The van der Waals surface area contributed by atoms with E-state index in [0.717, 1.165) is 12.1 Å². The number of hydrogen-bond donors (Lipinski definition) is 1. The maximum absolute atomic E-state index is 10.8. The molecule has 1 aromatic carbocycles. The minimum absolute atomic E-state index is 0.0516.